The highest BCUT2D eigenvalue weighted by atomic mass is 79.9. The largest absolute Gasteiger partial charge is 0.382 e. The molecule has 0 radical (unpaired) electrons. The van der Waals surface area contributed by atoms with Gasteiger partial charge in [0, 0.05) is 16.2 Å². The van der Waals surface area contributed by atoms with Crippen LogP contribution in [0.2, 0.25) is 0 Å². The highest BCUT2D eigenvalue weighted by Gasteiger charge is 2.21. The monoisotopic (exact) mass is 366 g/mol. The lowest BCUT2D eigenvalue weighted by Gasteiger charge is -2.25. The molecule has 1 aliphatic carbocycles. The molecule has 1 fully saturated rings. The fraction of sp³-hybridized carbons (Fsp3) is 0.286. The van der Waals surface area contributed by atoms with Gasteiger partial charge in [-0.2, -0.15) is 0 Å². The van der Waals surface area contributed by atoms with Crippen molar-refractivity contribution in [2.45, 2.75) is 25.3 Å². The summed E-state index contributed by atoms with van der Waals surface area (Å²) in [5, 5.41) is 6.85. The van der Waals surface area contributed by atoms with Crippen molar-refractivity contribution in [3.05, 3.63) is 33.6 Å². The standard InChI is InChI=1S/C14H15BrN4OS/c15-8-3-1-6-10(7-8)17-13(20)11-12(16)19-14(21-11)18-9-4-2-5-9/h1,3,6-7,9H,2,4-5,16H2,(H,17,20)(H,18,19). The zero-order valence-corrected chi connectivity index (χ0v) is 13.6. The SMILES string of the molecule is Nc1nc(NC2CCC2)sc1C(=O)Nc1cccc(Br)c1. The van der Waals surface area contributed by atoms with E-state index in [4.69, 9.17) is 5.73 Å². The number of thiazole rings is 1. The van der Waals surface area contributed by atoms with E-state index in [0.29, 0.717) is 10.9 Å². The summed E-state index contributed by atoms with van der Waals surface area (Å²) in [5.41, 5.74) is 6.57. The second-order valence-electron chi connectivity index (χ2n) is 4.97. The molecule has 4 N–H and O–H groups in total. The van der Waals surface area contributed by atoms with E-state index >= 15 is 0 Å². The molecule has 1 aromatic carbocycles. The van der Waals surface area contributed by atoms with Crippen LogP contribution in [0.5, 0.6) is 0 Å². The third-order valence-corrected chi connectivity index (χ3v) is 4.87. The molecular formula is C14H15BrN4OS. The Hall–Kier alpha value is -1.60. The van der Waals surface area contributed by atoms with Crippen molar-refractivity contribution in [1.29, 1.82) is 0 Å². The van der Waals surface area contributed by atoms with E-state index in [1.54, 1.807) is 0 Å². The number of nitrogen functional groups attached to an aromatic ring is 1. The molecule has 3 rings (SSSR count). The Balaban J connectivity index is 1.71. The summed E-state index contributed by atoms with van der Waals surface area (Å²) in [6.45, 7) is 0. The van der Waals surface area contributed by atoms with Crippen molar-refractivity contribution in [2.75, 3.05) is 16.4 Å². The number of hydrogen-bond donors (Lipinski definition) is 3. The molecule has 1 heterocycles. The van der Waals surface area contributed by atoms with Gasteiger partial charge in [-0.05, 0) is 37.5 Å². The first kappa shape index (κ1) is 14.3. The summed E-state index contributed by atoms with van der Waals surface area (Å²) in [4.78, 5) is 16.9. The van der Waals surface area contributed by atoms with Crippen LogP contribution < -0.4 is 16.4 Å². The number of rotatable bonds is 4. The van der Waals surface area contributed by atoms with Crippen LogP contribution in [0.1, 0.15) is 28.9 Å². The van der Waals surface area contributed by atoms with Crippen LogP contribution in [0.4, 0.5) is 16.6 Å². The minimum Gasteiger partial charge on any atom is -0.382 e. The molecule has 0 aliphatic heterocycles. The molecule has 1 amide bonds. The molecule has 1 aromatic heterocycles. The van der Waals surface area contributed by atoms with E-state index in [1.807, 2.05) is 24.3 Å². The Bertz CT molecular complexity index is 669. The lowest BCUT2D eigenvalue weighted by atomic mass is 9.93. The van der Waals surface area contributed by atoms with Gasteiger partial charge in [0.2, 0.25) is 0 Å². The van der Waals surface area contributed by atoms with Crippen LogP contribution >= 0.6 is 27.3 Å². The number of nitrogens with one attached hydrogen (secondary N) is 2. The van der Waals surface area contributed by atoms with Crippen LogP contribution in [0.25, 0.3) is 0 Å². The average molecular weight is 367 g/mol. The molecule has 0 bridgehead atoms. The van der Waals surface area contributed by atoms with Gasteiger partial charge in [0.1, 0.15) is 10.7 Å². The Morgan fingerprint density at radius 2 is 2.24 bits per heavy atom. The lowest BCUT2D eigenvalue weighted by Crippen LogP contribution is -2.26. The summed E-state index contributed by atoms with van der Waals surface area (Å²) in [7, 11) is 0. The lowest BCUT2D eigenvalue weighted by molar-refractivity contribution is 0.103. The van der Waals surface area contributed by atoms with Crippen LogP contribution in [-0.4, -0.2) is 16.9 Å². The number of amides is 1. The van der Waals surface area contributed by atoms with Gasteiger partial charge in [-0.25, -0.2) is 4.98 Å². The van der Waals surface area contributed by atoms with Crippen LogP contribution in [0, 0.1) is 0 Å². The van der Waals surface area contributed by atoms with Crippen molar-refractivity contribution >= 4 is 49.8 Å². The van der Waals surface area contributed by atoms with Crippen molar-refractivity contribution in [3.63, 3.8) is 0 Å². The molecule has 5 nitrogen and oxygen atoms in total. The van der Waals surface area contributed by atoms with E-state index in [1.165, 1.54) is 17.8 Å². The van der Waals surface area contributed by atoms with E-state index < -0.39 is 0 Å². The summed E-state index contributed by atoms with van der Waals surface area (Å²) in [6, 6.07) is 7.89. The number of aromatic nitrogens is 1. The fourth-order valence-electron chi connectivity index (χ4n) is 2.04. The fourth-order valence-corrected chi connectivity index (χ4v) is 3.29. The normalized spacial score (nSPS) is 14.5. The number of nitrogens with zero attached hydrogens (tertiary/aromatic N) is 1. The maximum Gasteiger partial charge on any atom is 0.269 e. The Morgan fingerprint density at radius 1 is 1.43 bits per heavy atom. The van der Waals surface area contributed by atoms with E-state index in [0.717, 1.165) is 28.1 Å². The molecule has 0 spiro atoms. The predicted octanol–water partition coefficient (Wildman–Crippen LogP) is 3.70. The molecule has 0 atom stereocenters. The van der Waals surface area contributed by atoms with Crippen LogP contribution in [0.15, 0.2) is 28.7 Å². The zero-order valence-electron chi connectivity index (χ0n) is 11.2. The second kappa shape index (κ2) is 6.03. The van der Waals surface area contributed by atoms with Gasteiger partial charge < -0.3 is 16.4 Å². The predicted molar refractivity (Wildman–Crippen MR) is 89.9 cm³/mol. The number of anilines is 3. The second-order valence-corrected chi connectivity index (χ2v) is 6.88. The number of hydrogen-bond acceptors (Lipinski definition) is 5. The number of carbonyl (C=O) groups is 1. The Morgan fingerprint density at radius 3 is 2.90 bits per heavy atom. The number of halogens is 1. The van der Waals surface area contributed by atoms with Gasteiger partial charge in [0.25, 0.3) is 5.91 Å². The Kier molecular flexibility index (Phi) is 4.12. The molecule has 110 valence electrons. The molecule has 21 heavy (non-hydrogen) atoms. The quantitative estimate of drug-likeness (QED) is 0.770. The van der Waals surface area contributed by atoms with Crippen molar-refractivity contribution < 1.29 is 4.79 Å². The Labute approximate surface area is 135 Å². The van der Waals surface area contributed by atoms with Crippen molar-refractivity contribution in [3.8, 4) is 0 Å². The van der Waals surface area contributed by atoms with Gasteiger partial charge in [0.15, 0.2) is 5.13 Å². The summed E-state index contributed by atoms with van der Waals surface area (Å²) < 4.78 is 0.907. The number of nitrogens with two attached hydrogens (primary N) is 1. The third-order valence-electron chi connectivity index (χ3n) is 3.37. The zero-order chi connectivity index (χ0) is 14.8. The molecule has 7 heteroatoms. The van der Waals surface area contributed by atoms with E-state index in [9.17, 15) is 4.79 Å². The first-order valence-electron chi connectivity index (χ1n) is 6.71. The van der Waals surface area contributed by atoms with Gasteiger partial charge in [0.05, 0.1) is 0 Å². The number of carbonyl (C=O) groups excluding carboxylic acids is 1. The van der Waals surface area contributed by atoms with Crippen LogP contribution in [-0.2, 0) is 0 Å². The topological polar surface area (TPSA) is 80.0 Å². The van der Waals surface area contributed by atoms with Crippen molar-refractivity contribution in [1.82, 2.24) is 4.98 Å². The minimum absolute atomic E-state index is 0.232. The van der Waals surface area contributed by atoms with E-state index in [-0.39, 0.29) is 11.7 Å². The maximum absolute atomic E-state index is 12.3. The molecule has 1 aliphatic rings. The van der Waals surface area contributed by atoms with E-state index in [2.05, 4.69) is 31.5 Å². The summed E-state index contributed by atoms with van der Waals surface area (Å²) in [5.74, 6) is 0.0408. The molecule has 1 saturated carbocycles. The van der Waals surface area contributed by atoms with Crippen molar-refractivity contribution in [2.24, 2.45) is 0 Å². The molecule has 0 saturated heterocycles. The first-order valence-corrected chi connectivity index (χ1v) is 8.32. The highest BCUT2D eigenvalue weighted by Crippen LogP contribution is 2.30. The van der Waals surface area contributed by atoms with Gasteiger partial charge in [-0.3, -0.25) is 4.79 Å². The van der Waals surface area contributed by atoms with Gasteiger partial charge in [-0.1, -0.05) is 33.3 Å². The van der Waals surface area contributed by atoms with Crippen LogP contribution in [0.3, 0.4) is 0 Å². The summed E-state index contributed by atoms with van der Waals surface area (Å²) in [6.07, 6.45) is 3.55. The number of benzene rings is 1. The maximum atomic E-state index is 12.3. The first-order chi connectivity index (χ1) is 10.1. The molecule has 0 unspecified atom stereocenters. The average Bonchev–Trinajstić information content (AvgIpc) is 2.75. The highest BCUT2D eigenvalue weighted by molar-refractivity contribution is 9.10. The summed E-state index contributed by atoms with van der Waals surface area (Å²) >= 11 is 4.67. The minimum atomic E-state index is -0.232. The van der Waals surface area contributed by atoms with Gasteiger partial charge in [-0.15, -0.1) is 0 Å². The molecule has 2 aromatic rings. The molecular weight excluding hydrogens is 352 g/mol. The third kappa shape index (κ3) is 3.36. The van der Waals surface area contributed by atoms with Gasteiger partial charge >= 0.3 is 0 Å². The smallest absolute Gasteiger partial charge is 0.269 e.